The Kier molecular flexibility index (Phi) is 2.85. The summed E-state index contributed by atoms with van der Waals surface area (Å²) in [6, 6.07) is 6.90. The molecule has 0 radical (unpaired) electrons. The summed E-state index contributed by atoms with van der Waals surface area (Å²) in [6.45, 7) is 5.68. The van der Waals surface area contributed by atoms with Gasteiger partial charge in [-0.3, -0.25) is 0 Å². The largest absolute Gasteiger partial charge is 0.398 e. The molecule has 1 unspecified atom stereocenters. The topological polar surface area (TPSA) is 29.3 Å². The molecule has 0 saturated carbocycles. The van der Waals surface area contributed by atoms with Crippen LogP contribution in [0, 0.1) is 0 Å². The molecule has 2 rings (SSSR count). The van der Waals surface area contributed by atoms with Crippen molar-refractivity contribution in [1.29, 1.82) is 0 Å². The average molecular weight is 204 g/mol. The molecule has 2 heteroatoms. The Labute approximate surface area is 92.1 Å². The maximum atomic E-state index is 5.98. The van der Waals surface area contributed by atoms with Crippen molar-refractivity contribution in [2.45, 2.75) is 39.2 Å². The summed E-state index contributed by atoms with van der Waals surface area (Å²) in [7, 11) is 0. The molecular weight excluding hydrogens is 184 g/mol. The second kappa shape index (κ2) is 4.13. The molecule has 0 saturated heterocycles. The van der Waals surface area contributed by atoms with E-state index in [-0.39, 0.29) is 0 Å². The van der Waals surface area contributed by atoms with Crippen LogP contribution in [-0.4, -0.2) is 12.6 Å². The normalized spacial score (nSPS) is 16.5. The number of hydrogen-bond donors (Lipinski definition) is 1. The molecule has 1 heterocycles. The van der Waals surface area contributed by atoms with Gasteiger partial charge in [0.15, 0.2) is 0 Å². The van der Waals surface area contributed by atoms with E-state index in [1.807, 2.05) is 6.07 Å². The van der Waals surface area contributed by atoms with Crippen molar-refractivity contribution >= 4 is 11.4 Å². The van der Waals surface area contributed by atoms with E-state index in [0.29, 0.717) is 6.04 Å². The van der Waals surface area contributed by atoms with E-state index in [1.165, 1.54) is 24.1 Å². The zero-order chi connectivity index (χ0) is 10.8. The first-order valence-electron chi connectivity index (χ1n) is 5.88. The Morgan fingerprint density at radius 3 is 3.00 bits per heavy atom. The van der Waals surface area contributed by atoms with Crippen LogP contribution in [0.5, 0.6) is 0 Å². The Hall–Kier alpha value is -1.18. The van der Waals surface area contributed by atoms with E-state index in [2.05, 4.69) is 30.9 Å². The van der Waals surface area contributed by atoms with Gasteiger partial charge in [0.25, 0.3) is 0 Å². The number of nitrogens with zero attached hydrogens (tertiary/aromatic N) is 1. The van der Waals surface area contributed by atoms with Crippen LogP contribution in [0.3, 0.4) is 0 Å². The molecule has 1 aliphatic heterocycles. The van der Waals surface area contributed by atoms with Crippen LogP contribution in [0.15, 0.2) is 18.2 Å². The maximum absolute atomic E-state index is 5.98. The van der Waals surface area contributed by atoms with Gasteiger partial charge in [-0.15, -0.1) is 0 Å². The quantitative estimate of drug-likeness (QED) is 0.767. The summed E-state index contributed by atoms with van der Waals surface area (Å²) in [5.41, 5.74) is 9.64. The number of fused-ring (bicyclic) bond motifs is 1. The number of anilines is 2. The number of benzene rings is 1. The molecule has 0 amide bonds. The summed E-state index contributed by atoms with van der Waals surface area (Å²) in [6.07, 6.45) is 3.61. The van der Waals surface area contributed by atoms with E-state index < -0.39 is 0 Å². The predicted octanol–water partition coefficient (Wildman–Crippen LogP) is 2.82. The van der Waals surface area contributed by atoms with Crippen LogP contribution in [0.4, 0.5) is 11.4 Å². The lowest BCUT2D eigenvalue weighted by Gasteiger charge is -2.27. The van der Waals surface area contributed by atoms with Crippen molar-refractivity contribution in [2.75, 3.05) is 17.2 Å². The molecule has 2 nitrogen and oxygen atoms in total. The van der Waals surface area contributed by atoms with Crippen LogP contribution in [-0.2, 0) is 6.42 Å². The highest BCUT2D eigenvalue weighted by Gasteiger charge is 2.23. The number of nitrogen functional groups attached to an aromatic ring is 1. The Morgan fingerprint density at radius 1 is 1.47 bits per heavy atom. The molecule has 15 heavy (non-hydrogen) atoms. The first-order chi connectivity index (χ1) is 7.24. The minimum Gasteiger partial charge on any atom is -0.398 e. The van der Waals surface area contributed by atoms with E-state index in [4.69, 9.17) is 5.73 Å². The van der Waals surface area contributed by atoms with Crippen LogP contribution >= 0.6 is 0 Å². The van der Waals surface area contributed by atoms with Gasteiger partial charge >= 0.3 is 0 Å². The molecule has 0 spiro atoms. The van der Waals surface area contributed by atoms with E-state index in [9.17, 15) is 0 Å². The summed E-state index contributed by atoms with van der Waals surface area (Å²) in [4.78, 5) is 2.50. The Morgan fingerprint density at radius 2 is 2.27 bits per heavy atom. The average Bonchev–Trinajstić information content (AvgIpc) is 2.63. The fraction of sp³-hybridized carbons (Fsp3) is 0.538. The third-order valence-corrected chi connectivity index (χ3v) is 3.34. The molecule has 2 N–H and O–H groups in total. The van der Waals surface area contributed by atoms with Crippen LogP contribution in [0.25, 0.3) is 0 Å². The van der Waals surface area contributed by atoms with Crippen molar-refractivity contribution < 1.29 is 0 Å². The lowest BCUT2D eigenvalue weighted by Crippen LogP contribution is -2.30. The number of nitrogens with two attached hydrogens (primary N) is 1. The minimum atomic E-state index is 0.637. The van der Waals surface area contributed by atoms with Gasteiger partial charge in [-0.1, -0.05) is 19.4 Å². The predicted molar refractivity (Wildman–Crippen MR) is 66.3 cm³/mol. The molecule has 82 valence electrons. The summed E-state index contributed by atoms with van der Waals surface area (Å²) < 4.78 is 0. The molecular formula is C13H20N2. The van der Waals surface area contributed by atoms with Crippen molar-refractivity contribution in [3.63, 3.8) is 0 Å². The van der Waals surface area contributed by atoms with Crippen LogP contribution < -0.4 is 10.6 Å². The van der Waals surface area contributed by atoms with Crippen LogP contribution in [0.1, 0.15) is 32.3 Å². The Bertz CT molecular complexity index is 346. The van der Waals surface area contributed by atoms with Crippen molar-refractivity contribution in [2.24, 2.45) is 0 Å². The van der Waals surface area contributed by atoms with E-state index in [0.717, 1.165) is 18.7 Å². The molecule has 1 aromatic carbocycles. The number of rotatable bonds is 3. The third kappa shape index (κ3) is 1.81. The maximum Gasteiger partial charge on any atom is 0.0422 e. The van der Waals surface area contributed by atoms with Crippen molar-refractivity contribution in [3.8, 4) is 0 Å². The fourth-order valence-corrected chi connectivity index (χ4v) is 2.52. The SMILES string of the molecule is CCCC(C)N1CCc2c(N)cccc21. The van der Waals surface area contributed by atoms with Gasteiger partial charge < -0.3 is 10.6 Å². The molecule has 0 fully saturated rings. The number of hydrogen-bond acceptors (Lipinski definition) is 2. The Balaban J connectivity index is 2.25. The van der Waals surface area contributed by atoms with Crippen molar-refractivity contribution in [1.82, 2.24) is 0 Å². The first kappa shape index (κ1) is 10.3. The summed E-state index contributed by atoms with van der Waals surface area (Å²) in [5.74, 6) is 0. The molecule has 0 aliphatic carbocycles. The summed E-state index contributed by atoms with van der Waals surface area (Å²) in [5, 5.41) is 0. The van der Waals surface area contributed by atoms with Crippen molar-refractivity contribution in [3.05, 3.63) is 23.8 Å². The monoisotopic (exact) mass is 204 g/mol. The lowest BCUT2D eigenvalue weighted by molar-refractivity contribution is 0.595. The van der Waals surface area contributed by atoms with Gasteiger partial charge in [0.05, 0.1) is 0 Å². The lowest BCUT2D eigenvalue weighted by atomic mass is 10.1. The first-order valence-corrected chi connectivity index (χ1v) is 5.88. The van der Waals surface area contributed by atoms with Gasteiger partial charge in [0.1, 0.15) is 0 Å². The second-order valence-corrected chi connectivity index (χ2v) is 4.43. The molecule has 1 aliphatic rings. The second-order valence-electron chi connectivity index (χ2n) is 4.43. The molecule has 1 atom stereocenters. The smallest absolute Gasteiger partial charge is 0.0422 e. The standard InChI is InChI=1S/C13H20N2/c1-3-5-10(2)15-9-8-11-12(14)6-4-7-13(11)15/h4,6-7,10H,3,5,8-9,14H2,1-2H3. The van der Waals surface area contributed by atoms with Gasteiger partial charge in [-0.05, 0) is 31.9 Å². The van der Waals surface area contributed by atoms with E-state index in [1.54, 1.807) is 0 Å². The molecule has 1 aromatic rings. The van der Waals surface area contributed by atoms with Crippen LogP contribution in [0.2, 0.25) is 0 Å². The van der Waals surface area contributed by atoms with Gasteiger partial charge in [-0.25, -0.2) is 0 Å². The molecule has 0 bridgehead atoms. The highest BCUT2D eigenvalue weighted by molar-refractivity contribution is 5.68. The zero-order valence-electron chi connectivity index (χ0n) is 9.66. The van der Waals surface area contributed by atoms with Gasteiger partial charge in [0, 0.05) is 29.5 Å². The highest BCUT2D eigenvalue weighted by atomic mass is 15.2. The molecule has 0 aromatic heterocycles. The zero-order valence-corrected chi connectivity index (χ0v) is 9.66. The van der Waals surface area contributed by atoms with E-state index >= 15 is 0 Å². The summed E-state index contributed by atoms with van der Waals surface area (Å²) >= 11 is 0. The fourth-order valence-electron chi connectivity index (χ4n) is 2.52. The minimum absolute atomic E-state index is 0.637. The third-order valence-electron chi connectivity index (χ3n) is 3.34. The van der Waals surface area contributed by atoms with Gasteiger partial charge in [0.2, 0.25) is 0 Å². The highest BCUT2D eigenvalue weighted by Crippen LogP contribution is 2.33. The van der Waals surface area contributed by atoms with Gasteiger partial charge in [-0.2, -0.15) is 0 Å².